The van der Waals surface area contributed by atoms with Crippen molar-refractivity contribution in [3.05, 3.63) is 36.1 Å². The fraction of sp³-hybridized carbons (Fsp3) is 0.500. The van der Waals surface area contributed by atoms with E-state index >= 15 is 0 Å². The number of sulfonamides is 1. The topological polar surface area (TPSA) is 82.1 Å². The minimum atomic E-state index is -3.86. The Morgan fingerprint density at radius 1 is 0.871 bits per heavy atom. The molecule has 0 spiro atoms. The maximum Gasteiger partial charge on any atom is 0.246 e. The normalized spacial score (nSPS) is 18.9. The summed E-state index contributed by atoms with van der Waals surface area (Å²) in [5.41, 5.74) is 0. The molecule has 11 heteroatoms. The molecule has 4 rings (SSSR count). The van der Waals surface area contributed by atoms with E-state index in [0.29, 0.717) is 13.1 Å². The van der Waals surface area contributed by atoms with Gasteiger partial charge in [-0.05, 0) is 37.4 Å². The number of ether oxygens (including phenoxy) is 1. The summed E-state index contributed by atoms with van der Waals surface area (Å²) < 4.78 is 46.2. The fourth-order valence-electron chi connectivity index (χ4n) is 3.84. The van der Waals surface area contributed by atoms with Crippen LogP contribution in [0, 0.1) is 5.82 Å². The third kappa shape index (κ3) is 4.58. The molecule has 0 aliphatic carbocycles. The highest BCUT2D eigenvalue weighted by Gasteiger charge is 2.31. The van der Waals surface area contributed by atoms with Gasteiger partial charge in [-0.15, -0.1) is 10.2 Å². The summed E-state index contributed by atoms with van der Waals surface area (Å²) >= 11 is 0. The predicted octanol–water partition coefficient (Wildman–Crippen LogP) is 0.887. The van der Waals surface area contributed by atoms with Gasteiger partial charge in [-0.1, -0.05) is 0 Å². The minimum Gasteiger partial charge on any atom is -0.495 e. The molecule has 0 atom stereocenters. The summed E-state index contributed by atoms with van der Waals surface area (Å²) in [7, 11) is -0.386. The van der Waals surface area contributed by atoms with Crippen LogP contribution in [0.1, 0.15) is 0 Å². The molecule has 1 aromatic carbocycles. The monoisotopic (exact) mass is 450 g/mol. The standard InChI is InChI=1S/C20H27FN6O3S/c1-24-7-9-25(10-8-24)19-5-6-20(23-22-19)26-11-13-27(14-12-26)31(28,29)18-15-16(21)3-4-17(18)30-2/h3-6,15H,7-14H2,1-2H3. The van der Waals surface area contributed by atoms with E-state index in [4.69, 9.17) is 4.74 Å². The van der Waals surface area contributed by atoms with Crippen molar-refractivity contribution in [1.29, 1.82) is 0 Å². The van der Waals surface area contributed by atoms with Gasteiger partial charge in [0.05, 0.1) is 7.11 Å². The predicted molar refractivity (Wildman–Crippen MR) is 116 cm³/mol. The molecule has 0 amide bonds. The van der Waals surface area contributed by atoms with Crippen LogP contribution in [0.5, 0.6) is 5.75 Å². The first kappa shape index (κ1) is 21.7. The lowest BCUT2D eigenvalue weighted by atomic mass is 10.3. The molecule has 2 aromatic rings. The molecule has 0 N–H and O–H groups in total. The lowest BCUT2D eigenvalue weighted by molar-refractivity contribution is 0.312. The van der Waals surface area contributed by atoms with Crippen molar-refractivity contribution in [2.75, 3.05) is 76.3 Å². The van der Waals surface area contributed by atoms with Crippen molar-refractivity contribution in [2.24, 2.45) is 0 Å². The summed E-state index contributed by atoms with van der Waals surface area (Å²) in [4.78, 5) is 6.36. The Morgan fingerprint density at radius 2 is 1.42 bits per heavy atom. The van der Waals surface area contributed by atoms with Crippen LogP contribution in [-0.4, -0.2) is 94.3 Å². The molecule has 2 fully saturated rings. The number of methoxy groups -OCH3 is 1. The highest BCUT2D eigenvalue weighted by atomic mass is 32.2. The van der Waals surface area contributed by atoms with E-state index in [1.165, 1.54) is 23.5 Å². The van der Waals surface area contributed by atoms with Crippen molar-refractivity contribution < 1.29 is 17.5 Å². The average Bonchev–Trinajstić information content (AvgIpc) is 2.80. The zero-order chi connectivity index (χ0) is 22.0. The second-order valence-corrected chi connectivity index (χ2v) is 9.63. The summed E-state index contributed by atoms with van der Waals surface area (Å²) in [6.07, 6.45) is 0. The first-order valence-corrected chi connectivity index (χ1v) is 11.7. The summed E-state index contributed by atoms with van der Waals surface area (Å²) in [5, 5.41) is 8.74. The number of aromatic nitrogens is 2. The molecule has 2 aliphatic heterocycles. The van der Waals surface area contributed by atoms with E-state index in [2.05, 4.69) is 27.0 Å². The first-order valence-electron chi connectivity index (χ1n) is 10.2. The first-order chi connectivity index (χ1) is 14.9. The molecule has 2 aliphatic rings. The van der Waals surface area contributed by atoms with Gasteiger partial charge in [-0.3, -0.25) is 0 Å². The number of halogens is 1. The number of likely N-dealkylation sites (N-methyl/N-ethyl adjacent to an activating group) is 1. The maximum absolute atomic E-state index is 13.7. The van der Waals surface area contributed by atoms with Crippen molar-refractivity contribution in [3.8, 4) is 5.75 Å². The fourth-order valence-corrected chi connectivity index (χ4v) is 5.43. The molecule has 2 saturated heterocycles. The van der Waals surface area contributed by atoms with Crippen LogP contribution in [0.25, 0.3) is 0 Å². The Morgan fingerprint density at radius 3 is 1.94 bits per heavy atom. The number of hydrogen-bond donors (Lipinski definition) is 0. The number of benzene rings is 1. The van der Waals surface area contributed by atoms with Gasteiger partial charge in [0.15, 0.2) is 11.6 Å². The van der Waals surface area contributed by atoms with E-state index in [1.54, 1.807) is 0 Å². The lowest BCUT2D eigenvalue weighted by Gasteiger charge is -2.35. The Hall–Kier alpha value is -2.50. The molecule has 9 nitrogen and oxygen atoms in total. The molecule has 31 heavy (non-hydrogen) atoms. The smallest absolute Gasteiger partial charge is 0.246 e. The minimum absolute atomic E-state index is 0.134. The average molecular weight is 451 g/mol. The highest BCUT2D eigenvalue weighted by Crippen LogP contribution is 2.28. The molecular formula is C20H27FN6O3S. The summed E-state index contributed by atoms with van der Waals surface area (Å²) in [5.74, 6) is 1.09. The van der Waals surface area contributed by atoms with E-state index in [-0.39, 0.29) is 23.7 Å². The molecule has 0 saturated carbocycles. The van der Waals surface area contributed by atoms with Crippen LogP contribution in [0.15, 0.2) is 35.2 Å². The van der Waals surface area contributed by atoms with E-state index in [1.807, 2.05) is 17.0 Å². The second-order valence-electron chi connectivity index (χ2n) is 7.73. The molecule has 168 valence electrons. The van der Waals surface area contributed by atoms with Crippen molar-refractivity contribution >= 4 is 21.7 Å². The molecule has 3 heterocycles. The van der Waals surface area contributed by atoms with Crippen molar-refractivity contribution in [2.45, 2.75) is 4.90 Å². The van der Waals surface area contributed by atoms with Crippen molar-refractivity contribution in [1.82, 2.24) is 19.4 Å². The largest absolute Gasteiger partial charge is 0.495 e. The Kier molecular flexibility index (Phi) is 6.26. The van der Waals surface area contributed by atoms with E-state index in [0.717, 1.165) is 43.9 Å². The lowest BCUT2D eigenvalue weighted by Crippen LogP contribution is -2.49. The number of anilines is 2. The van der Waals surface area contributed by atoms with Crippen LogP contribution >= 0.6 is 0 Å². The van der Waals surface area contributed by atoms with Crippen molar-refractivity contribution in [3.63, 3.8) is 0 Å². The summed E-state index contributed by atoms with van der Waals surface area (Å²) in [6.45, 7) is 5.31. The van der Waals surface area contributed by atoms with Crippen LogP contribution in [-0.2, 0) is 10.0 Å². The van der Waals surface area contributed by atoms with Gasteiger partial charge in [0.2, 0.25) is 10.0 Å². The van der Waals surface area contributed by atoms with Gasteiger partial charge in [-0.25, -0.2) is 12.8 Å². The number of rotatable bonds is 5. The van der Waals surface area contributed by atoms with Crippen LogP contribution < -0.4 is 14.5 Å². The van der Waals surface area contributed by atoms with Crippen LogP contribution in [0.4, 0.5) is 16.0 Å². The second kappa shape index (κ2) is 8.93. The Balaban J connectivity index is 1.41. The SMILES string of the molecule is COc1ccc(F)cc1S(=O)(=O)N1CCN(c2ccc(N3CCN(C)CC3)nn2)CC1. The zero-order valence-electron chi connectivity index (χ0n) is 17.7. The van der Waals surface area contributed by atoms with Gasteiger partial charge in [0, 0.05) is 52.4 Å². The van der Waals surface area contributed by atoms with Gasteiger partial charge < -0.3 is 19.4 Å². The summed E-state index contributed by atoms with van der Waals surface area (Å²) in [6, 6.07) is 7.41. The molecule has 0 radical (unpaired) electrons. The van der Waals surface area contributed by atoms with Gasteiger partial charge in [0.25, 0.3) is 0 Å². The number of hydrogen-bond acceptors (Lipinski definition) is 8. The highest BCUT2D eigenvalue weighted by molar-refractivity contribution is 7.89. The zero-order valence-corrected chi connectivity index (χ0v) is 18.6. The number of nitrogens with zero attached hydrogens (tertiary/aromatic N) is 6. The van der Waals surface area contributed by atoms with Crippen LogP contribution in [0.3, 0.4) is 0 Å². The Labute approximate surface area is 182 Å². The third-order valence-electron chi connectivity index (χ3n) is 5.77. The number of piperazine rings is 2. The Bertz CT molecular complexity index is 1000. The van der Waals surface area contributed by atoms with Gasteiger partial charge in [0.1, 0.15) is 16.5 Å². The van der Waals surface area contributed by atoms with Gasteiger partial charge >= 0.3 is 0 Å². The van der Waals surface area contributed by atoms with E-state index in [9.17, 15) is 12.8 Å². The molecule has 1 aromatic heterocycles. The molecule has 0 bridgehead atoms. The third-order valence-corrected chi connectivity index (χ3v) is 7.69. The quantitative estimate of drug-likeness (QED) is 0.664. The van der Waals surface area contributed by atoms with Gasteiger partial charge in [-0.2, -0.15) is 4.31 Å². The molecular weight excluding hydrogens is 423 g/mol. The molecule has 0 unspecified atom stereocenters. The maximum atomic E-state index is 13.7. The van der Waals surface area contributed by atoms with Crippen LogP contribution in [0.2, 0.25) is 0 Å². The van der Waals surface area contributed by atoms with E-state index < -0.39 is 15.8 Å².